The summed E-state index contributed by atoms with van der Waals surface area (Å²) in [5.41, 5.74) is -0.157. The molecule has 0 N–H and O–H groups in total. The van der Waals surface area contributed by atoms with E-state index < -0.39 is 0 Å². The maximum Gasteiger partial charge on any atom is 0.225 e. The van der Waals surface area contributed by atoms with E-state index in [0.717, 1.165) is 19.4 Å². The molecule has 0 bridgehead atoms. The molecule has 1 amide bonds. The minimum Gasteiger partial charge on any atom is -0.478 e. The van der Waals surface area contributed by atoms with Crippen molar-refractivity contribution in [3.63, 3.8) is 0 Å². The van der Waals surface area contributed by atoms with Crippen molar-refractivity contribution in [3.05, 3.63) is 24.4 Å². The van der Waals surface area contributed by atoms with E-state index in [1.807, 2.05) is 23.1 Å². The van der Waals surface area contributed by atoms with Gasteiger partial charge in [-0.05, 0) is 24.8 Å². The van der Waals surface area contributed by atoms with Crippen LogP contribution in [0.15, 0.2) is 24.4 Å². The highest BCUT2D eigenvalue weighted by molar-refractivity contribution is 5.77. The van der Waals surface area contributed by atoms with Gasteiger partial charge < -0.3 is 19.1 Å². The van der Waals surface area contributed by atoms with Crippen LogP contribution in [0, 0.1) is 5.92 Å². The van der Waals surface area contributed by atoms with Crippen LogP contribution >= 0.6 is 0 Å². The van der Waals surface area contributed by atoms with Crippen molar-refractivity contribution >= 4 is 5.91 Å². The number of pyridine rings is 1. The van der Waals surface area contributed by atoms with Crippen LogP contribution in [0.5, 0.6) is 5.88 Å². The van der Waals surface area contributed by atoms with E-state index in [1.54, 1.807) is 13.3 Å². The molecule has 2 aliphatic heterocycles. The number of methoxy groups -OCH3 is 1. The Morgan fingerprint density at radius 3 is 3.04 bits per heavy atom. The fourth-order valence-electron chi connectivity index (χ4n) is 3.40. The van der Waals surface area contributed by atoms with Gasteiger partial charge in [0, 0.05) is 26.0 Å². The van der Waals surface area contributed by atoms with Gasteiger partial charge in [0.15, 0.2) is 0 Å². The van der Waals surface area contributed by atoms with E-state index in [0.29, 0.717) is 44.5 Å². The van der Waals surface area contributed by atoms with Crippen molar-refractivity contribution in [2.45, 2.75) is 24.9 Å². The lowest BCUT2D eigenvalue weighted by molar-refractivity contribution is -0.166. The minimum absolute atomic E-state index is 0.150. The van der Waals surface area contributed by atoms with Gasteiger partial charge in [0.1, 0.15) is 5.60 Å². The van der Waals surface area contributed by atoms with Gasteiger partial charge in [-0.25, -0.2) is 4.98 Å². The first kappa shape index (κ1) is 16.2. The summed E-state index contributed by atoms with van der Waals surface area (Å²) in [6.07, 6.45) is 4.13. The molecule has 0 aromatic carbocycles. The molecule has 0 radical (unpaired) electrons. The van der Waals surface area contributed by atoms with E-state index in [2.05, 4.69) is 4.98 Å². The standard InChI is InChI=1S/C17H24N2O4/c1-21-9-7-16(20)19-12-17(13-19)14(6-11-23-17)5-10-22-15-4-2-3-8-18-15/h2-4,8,14H,5-7,9-13H2,1H3/t14-/m0/s1. The van der Waals surface area contributed by atoms with E-state index in [-0.39, 0.29) is 11.5 Å². The third kappa shape index (κ3) is 3.64. The minimum atomic E-state index is -0.157. The maximum absolute atomic E-state index is 12.0. The number of hydrogen-bond donors (Lipinski definition) is 0. The monoisotopic (exact) mass is 320 g/mol. The molecule has 1 atom stereocenters. The Bertz CT molecular complexity index is 517. The second kappa shape index (κ2) is 7.27. The van der Waals surface area contributed by atoms with Crippen LogP contribution in [0.1, 0.15) is 19.3 Å². The molecule has 2 aliphatic rings. The Morgan fingerprint density at radius 2 is 2.30 bits per heavy atom. The molecule has 0 unspecified atom stereocenters. The number of hydrogen-bond acceptors (Lipinski definition) is 5. The zero-order valence-electron chi connectivity index (χ0n) is 13.6. The maximum atomic E-state index is 12.0. The molecule has 23 heavy (non-hydrogen) atoms. The van der Waals surface area contributed by atoms with Crippen LogP contribution in [0.25, 0.3) is 0 Å². The third-order valence-electron chi connectivity index (χ3n) is 4.74. The topological polar surface area (TPSA) is 60.9 Å². The number of amides is 1. The molecule has 1 spiro atoms. The van der Waals surface area contributed by atoms with Crippen LogP contribution < -0.4 is 4.74 Å². The molecule has 3 heterocycles. The number of rotatable bonds is 7. The molecular weight excluding hydrogens is 296 g/mol. The largest absolute Gasteiger partial charge is 0.478 e. The lowest BCUT2D eigenvalue weighted by atomic mass is 9.79. The first-order valence-corrected chi connectivity index (χ1v) is 8.18. The van der Waals surface area contributed by atoms with Gasteiger partial charge in [0.25, 0.3) is 0 Å². The Morgan fingerprint density at radius 1 is 1.43 bits per heavy atom. The number of nitrogens with zero attached hydrogens (tertiary/aromatic N) is 2. The summed E-state index contributed by atoms with van der Waals surface area (Å²) in [6, 6.07) is 5.65. The van der Waals surface area contributed by atoms with Gasteiger partial charge in [0.05, 0.1) is 32.7 Å². The van der Waals surface area contributed by atoms with Gasteiger partial charge in [-0.15, -0.1) is 0 Å². The number of aromatic nitrogens is 1. The van der Waals surface area contributed by atoms with Crippen molar-refractivity contribution in [2.75, 3.05) is 40.0 Å². The van der Waals surface area contributed by atoms with Crippen LogP contribution in [0.4, 0.5) is 0 Å². The fraction of sp³-hybridized carbons (Fsp3) is 0.647. The Hall–Kier alpha value is -1.66. The molecule has 3 rings (SSSR count). The van der Waals surface area contributed by atoms with Crippen molar-refractivity contribution in [2.24, 2.45) is 5.92 Å². The van der Waals surface area contributed by atoms with Crippen LogP contribution in [-0.4, -0.2) is 61.4 Å². The number of ether oxygens (including phenoxy) is 3. The van der Waals surface area contributed by atoms with E-state index in [4.69, 9.17) is 14.2 Å². The zero-order valence-corrected chi connectivity index (χ0v) is 13.6. The Kier molecular flexibility index (Phi) is 5.13. The molecule has 1 aromatic heterocycles. The lowest BCUT2D eigenvalue weighted by Crippen LogP contribution is -2.66. The average molecular weight is 320 g/mol. The second-order valence-corrected chi connectivity index (χ2v) is 6.20. The zero-order chi connectivity index (χ0) is 16.1. The van der Waals surface area contributed by atoms with Gasteiger partial charge >= 0.3 is 0 Å². The molecule has 6 nitrogen and oxygen atoms in total. The molecule has 0 saturated carbocycles. The number of carbonyl (C=O) groups excluding carboxylic acids is 1. The smallest absolute Gasteiger partial charge is 0.225 e. The van der Waals surface area contributed by atoms with E-state index in [1.165, 1.54) is 0 Å². The average Bonchev–Trinajstić information content (AvgIpc) is 2.96. The van der Waals surface area contributed by atoms with E-state index in [9.17, 15) is 4.79 Å². The number of carbonyl (C=O) groups is 1. The summed E-state index contributed by atoms with van der Waals surface area (Å²) >= 11 is 0. The van der Waals surface area contributed by atoms with Crippen LogP contribution in [0.3, 0.4) is 0 Å². The SMILES string of the molecule is COCCC(=O)N1CC2(C1)OCC[C@@H]2CCOc1ccccn1. The summed E-state index contributed by atoms with van der Waals surface area (Å²) in [6.45, 7) is 3.27. The number of likely N-dealkylation sites (tertiary alicyclic amines) is 1. The first-order valence-electron chi connectivity index (χ1n) is 8.18. The van der Waals surface area contributed by atoms with E-state index >= 15 is 0 Å². The van der Waals surface area contributed by atoms with Crippen molar-refractivity contribution < 1.29 is 19.0 Å². The molecule has 0 aliphatic carbocycles. The van der Waals surface area contributed by atoms with Crippen LogP contribution in [0.2, 0.25) is 0 Å². The fourth-order valence-corrected chi connectivity index (χ4v) is 3.40. The predicted octanol–water partition coefficient (Wildman–Crippen LogP) is 1.50. The summed E-state index contributed by atoms with van der Waals surface area (Å²) in [7, 11) is 1.61. The molecular formula is C17H24N2O4. The molecule has 6 heteroatoms. The Labute approximate surface area is 136 Å². The molecule has 2 fully saturated rings. The third-order valence-corrected chi connectivity index (χ3v) is 4.74. The second-order valence-electron chi connectivity index (χ2n) is 6.20. The summed E-state index contributed by atoms with van der Waals surface area (Å²) < 4.78 is 16.6. The Balaban J connectivity index is 1.45. The van der Waals surface area contributed by atoms with Gasteiger partial charge in [-0.3, -0.25) is 4.79 Å². The highest BCUT2D eigenvalue weighted by Crippen LogP contribution is 2.41. The normalized spacial score (nSPS) is 22.1. The summed E-state index contributed by atoms with van der Waals surface area (Å²) in [5, 5.41) is 0. The predicted molar refractivity (Wildman–Crippen MR) is 84.2 cm³/mol. The highest BCUT2D eigenvalue weighted by Gasteiger charge is 2.53. The van der Waals surface area contributed by atoms with Crippen molar-refractivity contribution in [3.8, 4) is 5.88 Å². The molecule has 2 saturated heterocycles. The first-order chi connectivity index (χ1) is 11.2. The van der Waals surface area contributed by atoms with Crippen molar-refractivity contribution in [1.29, 1.82) is 0 Å². The summed E-state index contributed by atoms with van der Waals surface area (Å²) in [4.78, 5) is 18.0. The van der Waals surface area contributed by atoms with Crippen LogP contribution in [-0.2, 0) is 14.3 Å². The van der Waals surface area contributed by atoms with Gasteiger partial charge in [-0.2, -0.15) is 0 Å². The highest BCUT2D eigenvalue weighted by atomic mass is 16.5. The van der Waals surface area contributed by atoms with Crippen molar-refractivity contribution in [1.82, 2.24) is 9.88 Å². The summed E-state index contributed by atoms with van der Waals surface area (Å²) in [5.74, 6) is 1.25. The lowest BCUT2D eigenvalue weighted by Gasteiger charge is -2.50. The van der Waals surface area contributed by atoms with Gasteiger partial charge in [0.2, 0.25) is 11.8 Å². The molecule has 126 valence electrons. The van der Waals surface area contributed by atoms with Gasteiger partial charge in [-0.1, -0.05) is 6.07 Å². The molecule has 1 aromatic rings. The quantitative estimate of drug-likeness (QED) is 0.762.